The summed E-state index contributed by atoms with van der Waals surface area (Å²) in [5.74, 6) is -1.11. The molecular weight excluding hydrogens is 362 g/mol. The van der Waals surface area contributed by atoms with Crippen LogP contribution >= 0.6 is 0 Å². The number of methoxy groups -OCH3 is 1. The van der Waals surface area contributed by atoms with Crippen molar-refractivity contribution in [2.75, 3.05) is 12.4 Å². The Balaban J connectivity index is 1.95. The van der Waals surface area contributed by atoms with E-state index in [1.54, 1.807) is 25.3 Å². The maximum absolute atomic E-state index is 11.4. The molecule has 8 nitrogen and oxygen atoms in total. The number of nitrogens with zero attached hydrogens (tertiary/aromatic N) is 1. The molecule has 28 heavy (non-hydrogen) atoms. The van der Waals surface area contributed by atoms with Crippen molar-refractivity contribution in [2.24, 2.45) is 0 Å². The first-order valence-electron chi connectivity index (χ1n) is 8.30. The van der Waals surface area contributed by atoms with E-state index in [1.807, 2.05) is 12.1 Å². The maximum Gasteiger partial charge on any atom is 0.352 e. The Bertz CT molecular complexity index is 1250. The lowest BCUT2D eigenvalue weighted by Gasteiger charge is -2.10. The van der Waals surface area contributed by atoms with Gasteiger partial charge in [0.2, 0.25) is 0 Å². The van der Waals surface area contributed by atoms with E-state index in [2.05, 4.69) is 15.3 Å². The van der Waals surface area contributed by atoms with Crippen molar-refractivity contribution in [1.82, 2.24) is 9.97 Å². The Morgan fingerprint density at radius 2 is 1.86 bits per heavy atom. The smallest absolute Gasteiger partial charge is 0.352 e. The van der Waals surface area contributed by atoms with Gasteiger partial charge in [-0.15, -0.1) is 0 Å². The van der Waals surface area contributed by atoms with E-state index in [1.165, 1.54) is 18.2 Å². The fourth-order valence-corrected chi connectivity index (χ4v) is 3.05. The van der Waals surface area contributed by atoms with E-state index in [0.717, 1.165) is 0 Å². The molecule has 140 valence electrons. The van der Waals surface area contributed by atoms with Gasteiger partial charge in [0, 0.05) is 22.5 Å². The number of hydrogen-bond donors (Lipinski definition) is 4. The van der Waals surface area contributed by atoms with Gasteiger partial charge in [-0.1, -0.05) is 6.07 Å². The van der Waals surface area contributed by atoms with Gasteiger partial charge < -0.3 is 25.3 Å². The summed E-state index contributed by atoms with van der Waals surface area (Å²) in [7, 11) is 1.56. The van der Waals surface area contributed by atoms with Crippen LogP contribution in [0.4, 0.5) is 11.5 Å². The largest absolute Gasteiger partial charge is 0.497 e. The zero-order valence-electron chi connectivity index (χ0n) is 14.7. The summed E-state index contributed by atoms with van der Waals surface area (Å²) in [4.78, 5) is 30.2. The molecule has 4 rings (SSSR count). The molecule has 8 heteroatoms. The summed E-state index contributed by atoms with van der Waals surface area (Å²) in [5, 5.41) is 23.0. The highest BCUT2D eigenvalue weighted by atomic mass is 16.5. The first-order chi connectivity index (χ1) is 13.5. The molecule has 4 aromatic rings. The van der Waals surface area contributed by atoms with Gasteiger partial charge in [0.05, 0.1) is 23.7 Å². The lowest BCUT2D eigenvalue weighted by atomic mass is 10.1. The molecule has 2 heterocycles. The predicted molar refractivity (Wildman–Crippen MR) is 104 cm³/mol. The summed E-state index contributed by atoms with van der Waals surface area (Å²) < 4.78 is 5.22. The standard InChI is InChI=1S/C20H15N3O5/c1-28-12-4-2-3-11(8-12)21-18-14-9-16(20(26)27)22-17(14)13-6-5-10(19(24)25)7-15(13)23-18/h2-9,22H,1H3,(H,21,23)(H,24,25)(H,26,27). The second-order valence-corrected chi connectivity index (χ2v) is 6.13. The molecule has 0 radical (unpaired) electrons. The number of carboxylic acids is 2. The summed E-state index contributed by atoms with van der Waals surface area (Å²) in [6.07, 6.45) is 0. The summed E-state index contributed by atoms with van der Waals surface area (Å²) in [6.45, 7) is 0. The van der Waals surface area contributed by atoms with Gasteiger partial charge in [-0.3, -0.25) is 0 Å². The number of H-pyrrole nitrogens is 1. The SMILES string of the molecule is COc1cccc(Nc2nc3cc(C(=O)O)ccc3c3[nH]c(C(=O)O)cc23)c1. The van der Waals surface area contributed by atoms with Crippen LogP contribution in [0.1, 0.15) is 20.8 Å². The molecule has 0 saturated carbocycles. The van der Waals surface area contributed by atoms with Crippen molar-refractivity contribution in [2.45, 2.75) is 0 Å². The van der Waals surface area contributed by atoms with Crippen molar-refractivity contribution in [3.05, 3.63) is 59.8 Å². The van der Waals surface area contributed by atoms with Gasteiger partial charge in [0.1, 0.15) is 17.3 Å². The van der Waals surface area contributed by atoms with E-state index in [9.17, 15) is 19.8 Å². The number of benzene rings is 2. The second kappa shape index (κ2) is 6.58. The summed E-state index contributed by atoms with van der Waals surface area (Å²) >= 11 is 0. The molecule has 0 bridgehead atoms. The first-order valence-corrected chi connectivity index (χ1v) is 8.30. The van der Waals surface area contributed by atoms with Crippen LogP contribution in [0, 0.1) is 0 Å². The molecule has 0 atom stereocenters. The molecule has 0 aliphatic carbocycles. The zero-order chi connectivity index (χ0) is 19.8. The third-order valence-electron chi connectivity index (χ3n) is 4.38. The molecule has 0 spiro atoms. The van der Waals surface area contributed by atoms with Gasteiger partial charge in [0.15, 0.2) is 0 Å². The third-order valence-corrected chi connectivity index (χ3v) is 4.38. The fraction of sp³-hybridized carbons (Fsp3) is 0.0500. The number of pyridine rings is 1. The van der Waals surface area contributed by atoms with E-state index < -0.39 is 11.9 Å². The van der Waals surface area contributed by atoms with Crippen molar-refractivity contribution >= 4 is 45.2 Å². The molecule has 0 amide bonds. The van der Waals surface area contributed by atoms with Crippen LogP contribution in [-0.2, 0) is 0 Å². The molecule has 0 aliphatic heterocycles. The number of ether oxygens (including phenoxy) is 1. The Labute approximate surface area is 158 Å². The Morgan fingerprint density at radius 3 is 2.57 bits per heavy atom. The van der Waals surface area contributed by atoms with E-state index in [-0.39, 0.29) is 11.3 Å². The number of aromatic carboxylic acids is 2. The maximum atomic E-state index is 11.4. The molecule has 0 fully saturated rings. The lowest BCUT2D eigenvalue weighted by molar-refractivity contribution is 0.0683. The second-order valence-electron chi connectivity index (χ2n) is 6.13. The van der Waals surface area contributed by atoms with Crippen LogP contribution in [0.2, 0.25) is 0 Å². The number of carboxylic acid groups (broad SMARTS) is 2. The normalized spacial score (nSPS) is 10.9. The van der Waals surface area contributed by atoms with Crippen LogP contribution in [-0.4, -0.2) is 39.2 Å². The minimum atomic E-state index is -1.10. The number of anilines is 2. The average Bonchev–Trinajstić information content (AvgIpc) is 3.14. The number of fused-ring (bicyclic) bond motifs is 3. The zero-order valence-corrected chi connectivity index (χ0v) is 14.7. The average molecular weight is 377 g/mol. The molecule has 2 aromatic heterocycles. The number of hydrogen-bond acceptors (Lipinski definition) is 5. The first kappa shape index (κ1) is 17.3. The van der Waals surface area contributed by atoms with E-state index in [4.69, 9.17) is 4.74 Å². The number of aromatic nitrogens is 2. The number of carbonyl (C=O) groups is 2. The number of rotatable bonds is 5. The van der Waals surface area contributed by atoms with Crippen LogP contribution in [0.5, 0.6) is 5.75 Å². The van der Waals surface area contributed by atoms with Crippen molar-refractivity contribution in [1.29, 1.82) is 0 Å². The summed E-state index contributed by atoms with van der Waals surface area (Å²) in [6, 6.07) is 13.2. The van der Waals surface area contributed by atoms with Crippen LogP contribution in [0.25, 0.3) is 21.8 Å². The third kappa shape index (κ3) is 2.96. The van der Waals surface area contributed by atoms with Crippen molar-refractivity contribution < 1.29 is 24.5 Å². The van der Waals surface area contributed by atoms with Crippen LogP contribution in [0.15, 0.2) is 48.5 Å². The molecular formula is C20H15N3O5. The quantitative estimate of drug-likeness (QED) is 0.416. The summed E-state index contributed by atoms with van der Waals surface area (Å²) in [5.41, 5.74) is 1.79. The minimum absolute atomic E-state index is 0.0142. The molecule has 2 aromatic carbocycles. The van der Waals surface area contributed by atoms with Gasteiger partial charge in [-0.2, -0.15) is 0 Å². The monoisotopic (exact) mass is 377 g/mol. The van der Waals surface area contributed by atoms with Crippen molar-refractivity contribution in [3.8, 4) is 5.75 Å². The molecule has 0 aliphatic rings. The minimum Gasteiger partial charge on any atom is -0.497 e. The van der Waals surface area contributed by atoms with Crippen LogP contribution in [0.3, 0.4) is 0 Å². The Hall–Kier alpha value is -4.07. The number of aromatic amines is 1. The Kier molecular flexibility index (Phi) is 4.08. The topological polar surface area (TPSA) is 125 Å². The van der Waals surface area contributed by atoms with E-state index in [0.29, 0.717) is 39.1 Å². The Morgan fingerprint density at radius 1 is 1.04 bits per heavy atom. The molecule has 0 unspecified atom stereocenters. The number of nitrogens with one attached hydrogen (secondary N) is 2. The molecule has 4 N–H and O–H groups in total. The highest BCUT2D eigenvalue weighted by molar-refractivity contribution is 6.12. The van der Waals surface area contributed by atoms with Gasteiger partial charge in [-0.25, -0.2) is 14.6 Å². The highest BCUT2D eigenvalue weighted by Crippen LogP contribution is 2.32. The van der Waals surface area contributed by atoms with Crippen molar-refractivity contribution in [3.63, 3.8) is 0 Å². The van der Waals surface area contributed by atoms with E-state index >= 15 is 0 Å². The lowest BCUT2D eigenvalue weighted by Crippen LogP contribution is -1.99. The van der Waals surface area contributed by atoms with Gasteiger partial charge in [-0.05, 0) is 36.4 Å². The fourth-order valence-electron chi connectivity index (χ4n) is 3.05. The highest BCUT2D eigenvalue weighted by Gasteiger charge is 2.16. The van der Waals surface area contributed by atoms with Gasteiger partial charge >= 0.3 is 11.9 Å². The van der Waals surface area contributed by atoms with Crippen LogP contribution < -0.4 is 10.1 Å². The predicted octanol–water partition coefficient (Wildman–Crippen LogP) is 3.86. The molecule has 0 saturated heterocycles. The van der Waals surface area contributed by atoms with Gasteiger partial charge in [0.25, 0.3) is 0 Å².